The molecule has 1 atom stereocenters. The Hall–Kier alpha value is -1.55. The maximum absolute atomic E-state index is 12.1. The van der Waals surface area contributed by atoms with Gasteiger partial charge in [0.15, 0.2) is 6.10 Å². The lowest BCUT2D eigenvalue weighted by molar-refractivity contribution is -0.129. The molecule has 2 N–H and O–H groups in total. The Bertz CT molecular complexity index is 469. The van der Waals surface area contributed by atoms with Crippen molar-refractivity contribution in [3.05, 3.63) is 29.3 Å². The minimum absolute atomic E-state index is 0.105. The number of aliphatic hydroxyl groups excluding tert-OH is 1. The van der Waals surface area contributed by atoms with Gasteiger partial charge in [-0.2, -0.15) is 0 Å². The second kappa shape index (κ2) is 6.75. The SMILES string of the molecule is CCC(C)(C)NC(=O)C(C)Oc1ccc(C)cc1CO. The Balaban J connectivity index is 2.75. The molecular weight excluding hydrogens is 254 g/mol. The van der Waals surface area contributed by atoms with E-state index in [4.69, 9.17) is 4.74 Å². The van der Waals surface area contributed by atoms with Crippen molar-refractivity contribution in [2.75, 3.05) is 0 Å². The molecule has 112 valence electrons. The topological polar surface area (TPSA) is 58.6 Å². The van der Waals surface area contributed by atoms with E-state index in [0.29, 0.717) is 11.3 Å². The number of hydrogen-bond acceptors (Lipinski definition) is 3. The lowest BCUT2D eigenvalue weighted by atomic mass is 10.0. The Morgan fingerprint density at radius 3 is 2.65 bits per heavy atom. The molecule has 0 saturated heterocycles. The van der Waals surface area contributed by atoms with Crippen LogP contribution in [0.1, 0.15) is 45.2 Å². The van der Waals surface area contributed by atoms with Crippen LogP contribution in [-0.2, 0) is 11.4 Å². The van der Waals surface area contributed by atoms with Crippen LogP contribution in [0.25, 0.3) is 0 Å². The van der Waals surface area contributed by atoms with Crippen molar-refractivity contribution in [1.29, 1.82) is 0 Å². The second-order valence-corrected chi connectivity index (χ2v) is 5.76. The third-order valence-electron chi connectivity index (χ3n) is 3.40. The largest absolute Gasteiger partial charge is 0.481 e. The number of aliphatic hydroxyl groups is 1. The molecule has 1 rings (SSSR count). The molecule has 0 heterocycles. The average Bonchev–Trinajstić information content (AvgIpc) is 2.40. The number of carbonyl (C=O) groups is 1. The number of nitrogens with one attached hydrogen (secondary N) is 1. The molecule has 0 aliphatic heterocycles. The molecule has 0 aliphatic rings. The van der Waals surface area contributed by atoms with Gasteiger partial charge in [-0.1, -0.05) is 24.6 Å². The molecule has 0 saturated carbocycles. The first-order valence-electron chi connectivity index (χ1n) is 6.98. The van der Waals surface area contributed by atoms with E-state index in [1.807, 2.05) is 39.8 Å². The van der Waals surface area contributed by atoms with Crippen molar-refractivity contribution >= 4 is 5.91 Å². The van der Waals surface area contributed by atoms with Crippen LogP contribution < -0.4 is 10.1 Å². The molecule has 4 heteroatoms. The first-order chi connectivity index (χ1) is 9.29. The predicted octanol–water partition coefficient (Wildman–Crippen LogP) is 2.56. The van der Waals surface area contributed by atoms with Crippen molar-refractivity contribution in [2.24, 2.45) is 0 Å². The Morgan fingerprint density at radius 1 is 1.45 bits per heavy atom. The summed E-state index contributed by atoms with van der Waals surface area (Å²) in [6.45, 7) is 9.53. The summed E-state index contributed by atoms with van der Waals surface area (Å²) in [5.74, 6) is 0.399. The van der Waals surface area contributed by atoms with Crippen molar-refractivity contribution in [1.82, 2.24) is 5.32 Å². The number of carbonyl (C=O) groups excluding carboxylic acids is 1. The molecular formula is C16H25NO3. The molecule has 20 heavy (non-hydrogen) atoms. The monoisotopic (exact) mass is 279 g/mol. The summed E-state index contributed by atoms with van der Waals surface area (Å²) in [5.41, 5.74) is 1.49. The number of hydrogen-bond donors (Lipinski definition) is 2. The van der Waals surface area contributed by atoms with E-state index in [-0.39, 0.29) is 18.1 Å². The second-order valence-electron chi connectivity index (χ2n) is 5.76. The van der Waals surface area contributed by atoms with E-state index in [1.54, 1.807) is 13.0 Å². The highest BCUT2D eigenvalue weighted by Gasteiger charge is 2.23. The van der Waals surface area contributed by atoms with Gasteiger partial charge in [-0.3, -0.25) is 4.79 Å². The van der Waals surface area contributed by atoms with Crippen LogP contribution in [0.4, 0.5) is 0 Å². The van der Waals surface area contributed by atoms with E-state index in [0.717, 1.165) is 12.0 Å². The van der Waals surface area contributed by atoms with Crippen LogP contribution in [0.3, 0.4) is 0 Å². The van der Waals surface area contributed by atoms with Crippen LogP contribution in [0.2, 0.25) is 0 Å². The van der Waals surface area contributed by atoms with Gasteiger partial charge in [0.1, 0.15) is 5.75 Å². The van der Waals surface area contributed by atoms with Gasteiger partial charge in [-0.15, -0.1) is 0 Å². The minimum atomic E-state index is -0.603. The fourth-order valence-electron chi connectivity index (χ4n) is 1.71. The summed E-state index contributed by atoms with van der Waals surface area (Å²) in [7, 11) is 0. The van der Waals surface area contributed by atoms with Crippen molar-refractivity contribution in [3.63, 3.8) is 0 Å². The highest BCUT2D eigenvalue weighted by Crippen LogP contribution is 2.21. The molecule has 0 spiro atoms. The van der Waals surface area contributed by atoms with Gasteiger partial charge in [-0.25, -0.2) is 0 Å². The summed E-state index contributed by atoms with van der Waals surface area (Å²) >= 11 is 0. The molecule has 1 amide bonds. The fraction of sp³-hybridized carbons (Fsp3) is 0.562. The van der Waals surface area contributed by atoms with Gasteiger partial charge in [-0.05, 0) is 40.2 Å². The van der Waals surface area contributed by atoms with Crippen molar-refractivity contribution in [2.45, 2.75) is 59.3 Å². The Labute approximate surface area is 121 Å². The van der Waals surface area contributed by atoms with Gasteiger partial charge in [0.05, 0.1) is 6.61 Å². The van der Waals surface area contributed by atoms with Crippen LogP contribution in [0, 0.1) is 6.92 Å². The number of ether oxygens (including phenoxy) is 1. The van der Waals surface area contributed by atoms with Gasteiger partial charge >= 0.3 is 0 Å². The molecule has 0 fully saturated rings. The Kier molecular flexibility index (Phi) is 5.57. The van der Waals surface area contributed by atoms with Gasteiger partial charge in [0.25, 0.3) is 5.91 Å². The normalized spacial score (nSPS) is 12.9. The third-order valence-corrected chi connectivity index (χ3v) is 3.40. The summed E-state index contributed by atoms with van der Waals surface area (Å²) in [4.78, 5) is 12.1. The summed E-state index contributed by atoms with van der Waals surface area (Å²) < 4.78 is 5.67. The zero-order valence-corrected chi connectivity index (χ0v) is 13.0. The summed E-state index contributed by atoms with van der Waals surface area (Å²) in [6, 6.07) is 5.54. The standard InChI is InChI=1S/C16H25NO3/c1-6-16(4,5)17-15(19)12(3)20-14-8-7-11(2)9-13(14)10-18/h7-9,12,18H,6,10H2,1-5H3,(H,17,19). The van der Waals surface area contributed by atoms with E-state index >= 15 is 0 Å². The maximum Gasteiger partial charge on any atom is 0.261 e. The van der Waals surface area contributed by atoms with Crippen molar-refractivity contribution < 1.29 is 14.6 Å². The first kappa shape index (κ1) is 16.5. The van der Waals surface area contributed by atoms with Crippen LogP contribution in [0.5, 0.6) is 5.75 Å². The van der Waals surface area contributed by atoms with E-state index in [1.165, 1.54) is 0 Å². The molecule has 0 aliphatic carbocycles. The number of aryl methyl sites for hydroxylation is 1. The summed E-state index contributed by atoms with van der Waals surface area (Å²) in [5, 5.41) is 12.3. The number of amides is 1. The molecule has 1 unspecified atom stereocenters. The van der Waals surface area contributed by atoms with Gasteiger partial charge < -0.3 is 15.2 Å². The lowest BCUT2D eigenvalue weighted by Gasteiger charge is -2.27. The Morgan fingerprint density at radius 2 is 2.10 bits per heavy atom. The first-order valence-corrected chi connectivity index (χ1v) is 6.98. The van der Waals surface area contributed by atoms with Crippen LogP contribution >= 0.6 is 0 Å². The maximum atomic E-state index is 12.1. The van der Waals surface area contributed by atoms with Gasteiger partial charge in [0.2, 0.25) is 0 Å². The van der Waals surface area contributed by atoms with Gasteiger partial charge in [0, 0.05) is 11.1 Å². The molecule has 0 bridgehead atoms. The average molecular weight is 279 g/mol. The van der Waals surface area contributed by atoms with Crippen LogP contribution in [-0.4, -0.2) is 22.7 Å². The molecule has 0 radical (unpaired) electrons. The summed E-state index contributed by atoms with van der Waals surface area (Å²) in [6.07, 6.45) is 0.242. The molecule has 4 nitrogen and oxygen atoms in total. The smallest absolute Gasteiger partial charge is 0.261 e. The third kappa shape index (κ3) is 4.53. The highest BCUT2D eigenvalue weighted by atomic mass is 16.5. The minimum Gasteiger partial charge on any atom is -0.481 e. The van der Waals surface area contributed by atoms with Crippen molar-refractivity contribution in [3.8, 4) is 5.75 Å². The van der Waals surface area contributed by atoms with E-state index < -0.39 is 6.10 Å². The lowest BCUT2D eigenvalue weighted by Crippen LogP contribution is -2.48. The zero-order valence-electron chi connectivity index (χ0n) is 13.0. The van der Waals surface area contributed by atoms with Crippen LogP contribution in [0.15, 0.2) is 18.2 Å². The highest BCUT2D eigenvalue weighted by molar-refractivity contribution is 5.81. The molecule has 1 aromatic rings. The molecule has 0 aromatic heterocycles. The predicted molar refractivity (Wildman–Crippen MR) is 79.7 cm³/mol. The number of rotatable bonds is 6. The van der Waals surface area contributed by atoms with E-state index in [2.05, 4.69) is 5.32 Å². The quantitative estimate of drug-likeness (QED) is 0.841. The fourth-order valence-corrected chi connectivity index (χ4v) is 1.71. The zero-order chi connectivity index (χ0) is 15.3. The molecule has 1 aromatic carbocycles. The number of benzene rings is 1. The van der Waals surface area contributed by atoms with E-state index in [9.17, 15) is 9.90 Å².